The summed E-state index contributed by atoms with van der Waals surface area (Å²) in [6, 6.07) is 23.2. The van der Waals surface area contributed by atoms with Gasteiger partial charge in [-0.25, -0.2) is 13.4 Å². The van der Waals surface area contributed by atoms with E-state index < -0.39 is 9.84 Å². The summed E-state index contributed by atoms with van der Waals surface area (Å²) in [5, 5.41) is -0.137. The van der Waals surface area contributed by atoms with Crippen molar-refractivity contribution < 1.29 is 13.2 Å². The van der Waals surface area contributed by atoms with E-state index in [0.717, 1.165) is 22.9 Å². The zero-order valence-electron chi connectivity index (χ0n) is 16.7. The molecule has 6 nitrogen and oxygen atoms in total. The zero-order chi connectivity index (χ0) is 21.3. The number of fused-ring (bicyclic) bond motifs is 1. The summed E-state index contributed by atoms with van der Waals surface area (Å²) in [7, 11) is -1.89. The Balaban J connectivity index is 1.59. The lowest BCUT2D eigenvalue weighted by atomic mass is 10.0. The Bertz CT molecular complexity index is 1310. The number of nitrogens with zero attached hydrogens (tertiary/aromatic N) is 3. The van der Waals surface area contributed by atoms with Crippen molar-refractivity contribution in [1.29, 1.82) is 0 Å². The zero-order valence-corrected chi connectivity index (χ0v) is 17.5. The van der Waals surface area contributed by atoms with Gasteiger partial charge in [0.1, 0.15) is 0 Å². The predicted octanol–water partition coefficient (Wildman–Crippen LogP) is 3.68. The van der Waals surface area contributed by atoms with Crippen molar-refractivity contribution in [3.05, 3.63) is 90.3 Å². The molecule has 0 aliphatic rings. The maximum absolute atomic E-state index is 13.0. The fourth-order valence-corrected chi connectivity index (χ4v) is 4.16. The molecule has 0 aliphatic heterocycles. The summed E-state index contributed by atoms with van der Waals surface area (Å²) in [6.07, 6.45) is 2.68. The largest absolute Gasteiger partial charge is 0.336 e. The van der Waals surface area contributed by atoms with Gasteiger partial charge >= 0.3 is 0 Å². The van der Waals surface area contributed by atoms with Gasteiger partial charge in [0.25, 0.3) is 5.91 Å². The minimum absolute atomic E-state index is 0.124. The van der Waals surface area contributed by atoms with Gasteiger partial charge in [-0.15, -0.1) is 0 Å². The van der Waals surface area contributed by atoms with E-state index in [1.807, 2.05) is 54.6 Å². The van der Waals surface area contributed by atoms with E-state index >= 15 is 0 Å². The van der Waals surface area contributed by atoms with E-state index in [4.69, 9.17) is 0 Å². The first-order chi connectivity index (χ1) is 14.3. The van der Waals surface area contributed by atoms with Crippen LogP contribution in [0.4, 0.5) is 0 Å². The fraction of sp³-hybridized carbons (Fsp3) is 0.130. The number of carbonyl (C=O) groups is 1. The molecule has 2 heterocycles. The van der Waals surface area contributed by atoms with Crippen LogP contribution in [0, 0.1) is 0 Å². The third kappa shape index (κ3) is 3.84. The molecule has 4 aromatic rings. The summed E-state index contributed by atoms with van der Waals surface area (Å²) in [5.41, 5.74) is 3.79. The van der Waals surface area contributed by atoms with Gasteiger partial charge in [-0.1, -0.05) is 60.7 Å². The van der Waals surface area contributed by atoms with Crippen LogP contribution in [0.15, 0.2) is 84.1 Å². The molecule has 0 atom stereocenters. The van der Waals surface area contributed by atoms with Gasteiger partial charge < -0.3 is 4.90 Å². The summed E-state index contributed by atoms with van der Waals surface area (Å²) >= 11 is 0. The Morgan fingerprint density at radius 2 is 1.57 bits per heavy atom. The van der Waals surface area contributed by atoms with E-state index in [1.54, 1.807) is 36.3 Å². The molecule has 0 fully saturated rings. The maximum Gasteiger partial charge on any atom is 0.274 e. The van der Waals surface area contributed by atoms with Gasteiger partial charge in [-0.2, -0.15) is 0 Å². The second kappa shape index (κ2) is 7.76. The standard InChI is InChI=1S/C23H21N3O3S/c1-25(16-17-11-13-19(14-12-17)18-8-4-3-5-9-18)22(27)21-20-10-6-7-15-26(20)23(24-21)30(2,28)29/h3-15H,16H2,1-2H3. The second-order valence-corrected chi connectivity index (χ2v) is 9.10. The Morgan fingerprint density at radius 3 is 2.23 bits per heavy atom. The lowest BCUT2D eigenvalue weighted by molar-refractivity contribution is 0.0781. The van der Waals surface area contributed by atoms with Crippen molar-refractivity contribution in [3.8, 4) is 11.1 Å². The van der Waals surface area contributed by atoms with E-state index in [0.29, 0.717) is 12.1 Å². The molecule has 30 heavy (non-hydrogen) atoms. The number of hydrogen-bond donors (Lipinski definition) is 0. The molecule has 0 aliphatic carbocycles. The van der Waals surface area contributed by atoms with Gasteiger partial charge in [0, 0.05) is 26.0 Å². The molecule has 0 saturated carbocycles. The van der Waals surface area contributed by atoms with Crippen LogP contribution in [0.5, 0.6) is 0 Å². The van der Waals surface area contributed by atoms with E-state index in [9.17, 15) is 13.2 Å². The van der Waals surface area contributed by atoms with Crippen LogP contribution in [-0.2, 0) is 16.4 Å². The SMILES string of the molecule is CN(Cc1ccc(-c2ccccc2)cc1)C(=O)c1nc(S(C)(=O)=O)n2ccccc12. The molecule has 0 saturated heterocycles. The number of benzene rings is 2. The van der Waals surface area contributed by atoms with Crippen LogP contribution in [0.2, 0.25) is 0 Å². The van der Waals surface area contributed by atoms with Crippen molar-refractivity contribution in [2.75, 3.05) is 13.3 Å². The van der Waals surface area contributed by atoms with Crippen molar-refractivity contribution in [2.45, 2.75) is 11.7 Å². The Labute approximate surface area is 175 Å². The van der Waals surface area contributed by atoms with Gasteiger partial charge in [0.05, 0.1) is 5.52 Å². The lowest BCUT2D eigenvalue weighted by Crippen LogP contribution is -2.26. The highest BCUT2D eigenvalue weighted by Gasteiger charge is 2.24. The fourth-order valence-electron chi connectivity index (χ4n) is 3.39. The number of hydrogen-bond acceptors (Lipinski definition) is 4. The van der Waals surface area contributed by atoms with E-state index in [2.05, 4.69) is 4.98 Å². The smallest absolute Gasteiger partial charge is 0.274 e. The van der Waals surface area contributed by atoms with Crippen LogP contribution in [0.3, 0.4) is 0 Å². The first kappa shape index (κ1) is 19.8. The first-order valence-electron chi connectivity index (χ1n) is 9.41. The second-order valence-electron chi connectivity index (χ2n) is 7.20. The molecular formula is C23H21N3O3S. The summed E-state index contributed by atoms with van der Waals surface area (Å²) in [4.78, 5) is 18.7. The monoisotopic (exact) mass is 419 g/mol. The van der Waals surface area contributed by atoms with Gasteiger partial charge in [0.15, 0.2) is 5.69 Å². The van der Waals surface area contributed by atoms with Gasteiger partial charge in [-0.3, -0.25) is 9.20 Å². The summed E-state index contributed by atoms with van der Waals surface area (Å²) in [6.45, 7) is 0.383. The number of pyridine rings is 1. The van der Waals surface area contributed by atoms with Gasteiger partial charge in [-0.05, 0) is 28.8 Å². The number of imidazole rings is 1. The van der Waals surface area contributed by atoms with Gasteiger partial charge in [0.2, 0.25) is 15.0 Å². The Kier molecular flexibility index (Phi) is 5.13. The van der Waals surface area contributed by atoms with Crippen molar-refractivity contribution in [2.24, 2.45) is 0 Å². The molecule has 0 N–H and O–H groups in total. The number of carbonyl (C=O) groups excluding carboxylic acids is 1. The molecule has 2 aromatic heterocycles. The highest BCUT2D eigenvalue weighted by molar-refractivity contribution is 7.90. The highest BCUT2D eigenvalue weighted by Crippen LogP contribution is 2.21. The third-order valence-electron chi connectivity index (χ3n) is 4.88. The Hall–Kier alpha value is -3.45. The third-order valence-corrected chi connectivity index (χ3v) is 5.83. The molecule has 152 valence electrons. The molecule has 0 radical (unpaired) electrons. The van der Waals surface area contributed by atoms with E-state index in [-0.39, 0.29) is 16.8 Å². The average Bonchev–Trinajstić information content (AvgIpc) is 3.14. The highest BCUT2D eigenvalue weighted by atomic mass is 32.2. The number of amides is 1. The molecule has 0 unspecified atom stereocenters. The number of rotatable bonds is 5. The predicted molar refractivity (Wildman–Crippen MR) is 116 cm³/mol. The molecule has 0 bridgehead atoms. The van der Waals surface area contributed by atoms with Crippen molar-refractivity contribution in [3.63, 3.8) is 0 Å². The van der Waals surface area contributed by atoms with Crippen molar-refractivity contribution >= 4 is 21.3 Å². The minimum atomic E-state index is -3.58. The Morgan fingerprint density at radius 1 is 0.933 bits per heavy atom. The first-order valence-corrected chi connectivity index (χ1v) is 11.3. The summed E-state index contributed by atoms with van der Waals surface area (Å²) < 4.78 is 25.6. The summed E-state index contributed by atoms with van der Waals surface area (Å²) in [5.74, 6) is -0.333. The average molecular weight is 420 g/mol. The minimum Gasteiger partial charge on any atom is -0.336 e. The maximum atomic E-state index is 13.0. The molecular weight excluding hydrogens is 398 g/mol. The normalized spacial score (nSPS) is 11.5. The molecule has 2 aromatic carbocycles. The van der Waals surface area contributed by atoms with Crippen molar-refractivity contribution in [1.82, 2.24) is 14.3 Å². The van der Waals surface area contributed by atoms with Crippen LogP contribution in [0.1, 0.15) is 16.1 Å². The van der Waals surface area contributed by atoms with E-state index in [1.165, 1.54) is 4.40 Å². The van der Waals surface area contributed by atoms with Crippen LogP contribution in [0.25, 0.3) is 16.6 Å². The molecule has 4 rings (SSSR count). The molecule has 0 spiro atoms. The topological polar surface area (TPSA) is 71.8 Å². The van der Waals surface area contributed by atoms with Crippen LogP contribution in [-0.4, -0.2) is 41.9 Å². The lowest BCUT2D eigenvalue weighted by Gasteiger charge is -2.16. The van der Waals surface area contributed by atoms with Crippen LogP contribution >= 0.6 is 0 Å². The molecule has 7 heteroatoms. The number of sulfone groups is 1. The van der Waals surface area contributed by atoms with Crippen LogP contribution < -0.4 is 0 Å². The number of aromatic nitrogens is 2. The molecule has 1 amide bonds. The quantitative estimate of drug-likeness (QED) is 0.495.